The van der Waals surface area contributed by atoms with E-state index in [1.807, 2.05) is 0 Å². The molecule has 0 heterocycles. The Bertz CT molecular complexity index is 1890. The maximum atomic E-state index is 2.45. The molecule has 2 aliphatic carbocycles. The van der Waals surface area contributed by atoms with E-state index in [2.05, 4.69) is 159 Å². The molecule has 0 aliphatic heterocycles. The fourth-order valence-corrected chi connectivity index (χ4v) is 6.93. The van der Waals surface area contributed by atoms with Gasteiger partial charge in [-0.05, 0) is 79.8 Å². The summed E-state index contributed by atoms with van der Waals surface area (Å²) in [6.07, 6.45) is 4.60. The summed E-state index contributed by atoms with van der Waals surface area (Å²) in [7, 11) is 0. The van der Waals surface area contributed by atoms with E-state index in [1.165, 1.54) is 72.3 Å². The maximum Gasteiger partial charge on any atom is 0.0725 e. The average molecular weight is 509 g/mol. The van der Waals surface area contributed by atoms with Crippen molar-refractivity contribution < 1.29 is 0 Å². The van der Waals surface area contributed by atoms with Crippen LogP contribution in [-0.2, 0) is 5.41 Å². The molecule has 2 aliphatic rings. The Balaban J connectivity index is 1.37. The number of hydrogen-bond acceptors (Lipinski definition) is 0. The summed E-state index contributed by atoms with van der Waals surface area (Å²) in [6, 6.07) is 51.7. The lowest BCUT2D eigenvalue weighted by atomic mass is 9.65. The quantitative estimate of drug-likeness (QED) is 0.218. The molecule has 0 amide bonds. The van der Waals surface area contributed by atoms with Crippen molar-refractivity contribution in [2.75, 3.05) is 0 Å². The third kappa shape index (κ3) is 3.26. The second-order valence-electron chi connectivity index (χ2n) is 11.0. The molecule has 6 aromatic rings. The first-order chi connectivity index (χ1) is 19.7. The summed E-state index contributed by atoms with van der Waals surface area (Å²) < 4.78 is 0. The predicted molar refractivity (Wildman–Crippen MR) is 168 cm³/mol. The molecule has 6 aromatic carbocycles. The van der Waals surface area contributed by atoms with E-state index in [0.717, 1.165) is 0 Å². The monoisotopic (exact) mass is 508 g/mol. The van der Waals surface area contributed by atoms with E-state index in [0.29, 0.717) is 0 Å². The van der Waals surface area contributed by atoms with E-state index in [-0.39, 0.29) is 5.41 Å². The molecule has 0 fully saturated rings. The fraction of sp³-hybridized carbons (Fsp3) is 0.0500. The lowest BCUT2D eigenvalue weighted by Crippen LogP contribution is -2.30. The van der Waals surface area contributed by atoms with Crippen LogP contribution < -0.4 is 0 Å². The van der Waals surface area contributed by atoms with Crippen LogP contribution in [0.1, 0.15) is 38.9 Å². The third-order valence-electron chi connectivity index (χ3n) is 8.82. The first-order valence-electron chi connectivity index (χ1n) is 14.0. The SMILES string of the molecule is Cc1ccc(-c2ccc(-c3ccc4c(c3)C3(c5ccccc5C=C4)c4ccccc4-c4ccccc43)cc2)cc1. The highest BCUT2D eigenvalue weighted by atomic mass is 14.5. The van der Waals surface area contributed by atoms with Crippen LogP contribution in [-0.4, -0.2) is 0 Å². The van der Waals surface area contributed by atoms with Crippen molar-refractivity contribution in [2.45, 2.75) is 12.3 Å². The van der Waals surface area contributed by atoms with Crippen molar-refractivity contribution in [3.8, 4) is 33.4 Å². The van der Waals surface area contributed by atoms with Gasteiger partial charge in [0.1, 0.15) is 0 Å². The van der Waals surface area contributed by atoms with E-state index in [4.69, 9.17) is 0 Å². The molecule has 0 N–H and O–H groups in total. The predicted octanol–water partition coefficient (Wildman–Crippen LogP) is 10.2. The molecule has 0 atom stereocenters. The van der Waals surface area contributed by atoms with Crippen LogP contribution in [0.4, 0.5) is 0 Å². The number of aryl methyl sites for hydroxylation is 1. The van der Waals surface area contributed by atoms with Gasteiger partial charge in [0.05, 0.1) is 5.41 Å². The lowest BCUT2D eigenvalue weighted by Gasteiger charge is -2.35. The Labute approximate surface area is 235 Å². The van der Waals surface area contributed by atoms with Crippen molar-refractivity contribution >= 4 is 12.2 Å². The Hall–Kier alpha value is -4.94. The van der Waals surface area contributed by atoms with E-state index >= 15 is 0 Å². The van der Waals surface area contributed by atoms with Gasteiger partial charge < -0.3 is 0 Å². The zero-order chi connectivity index (χ0) is 26.7. The molecule has 1 spiro atoms. The minimum Gasteiger partial charge on any atom is -0.0619 e. The molecule has 0 radical (unpaired) electrons. The Kier molecular flexibility index (Phi) is 5.06. The first kappa shape index (κ1) is 23.0. The van der Waals surface area contributed by atoms with Crippen molar-refractivity contribution in [1.29, 1.82) is 0 Å². The normalized spacial score (nSPS) is 13.7. The highest BCUT2D eigenvalue weighted by Gasteiger charge is 2.48. The Morgan fingerprint density at radius 3 is 1.45 bits per heavy atom. The number of rotatable bonds is 2. The molecule has 8 rings (SSSR count). The van der Waals surface area contributed by atoms with Crippen LogP contribution in [0.25, 0.3) is 45.5 Å². The molecule has 0 unspecified atom stereocenters. The number of benzene rings is 6. The molecular weight excluding hydrogens is 480 g/mol. The second kappa shape index (κ2) is 8.79. The van der Waals surface area contributed by atoms with Crippen molar-refractivity contribution in [1.82, 2.24) is 0 Å². The van der Waals surface area contributed by atoms with Crippen LogP contribution in [0, 0.1) is 6.92 Å². The van der Waals surface area contributed by atoms with Crippen molar-refractivity contribution in [2.24, 2.45) is 0 Å². The van der Waals surface area contributed by atoms with Crippen LogP contribution in [0.2, 0.25) is 0 Å². The summed E-state index contributed by atoms with van der Waals surface area (Å²) in [5.41, 5.74) is 16.5. The van der Waals surface area contributed by atoms with E-state index in [9.17, 15) is 0 Å². The van der Waals surface area contributed by atoms with Gasteiger partial charge >= 0.3 is 0 Å². The molecule has 0 aromatic heterocycles. The summed E-state index contributed by atoms with van der Waals surface area (Å²) in [5.74, 6) is 0. The molecule has 0 bridgehead atoms. The lowest BCUT2D eigenvalue weighted by molar-refractivity contribution is 0.766. The van der Waals surface area contributed by atoms with E-state index in [1.54, 1.807) is 0 Å². The Morgan fingerprint density at radius 1 is 0.375 bits per heavy atom. The zero-order valence-electron chi connectivity index (χ0n) is 22.4. The van der Waals surface area contributed by atoms with Crippen LogP contribution in [0.5, 0.6) is 0 Å². The maximum absolute atomic E-state index is 2.45. The highest BCUT2D eigenvalue weighted by molar-refractivity contribution is 5.92. The minimum atomic E-state index is -0.388. The highest BCUT2D eigenvalue weighted by Crippen LogP contribution is 2.58. The summed E-state index contributed by atoms with van der Waals surface area (Å²) in [4.78, 5) is 0. The number of hydrogen-bond donors (Lipinski definition) is 0. The van der Waals surface area contributed by atoms with Crippen LogP contribution >= 0.6 is 0 Å². The largest absolute Gasteiger partial charge is 0.0725 e. The van der Waals surface area contributed by atoms with E-state index < -0.39 is 0 Å². The van der Waals surface area contributed by atoms with Gasteiger partial charge in [-0.2, -0.15) is 0 Å². The average Bonchev–Trinajstić information content (AvgIpc) is 3.22. The summed E-state index contributed by atoms with van der Waals surface area (Å²) in [6.45, 7) is 2.13. The topological polar surface area (TPSA) is 0 Å². The van der Waals surface area contributed by atoms with Gasteiger partial charge in [-0.3, -0.25) is 0 Å². The van der Waals surface area contributed by atoms with Gasteiger partial charge in [0.2, 0.25) is 0 Å². The molecular formula is C40H28. The van der Waals surface area contributed by atoms with Gasteiger partial charge in [-0.25, -0.2) is 0 Å². The standard InChI is InChI=1S/C40H28/c1-27-14-16-28(17-15-27)29-18-20-30(21-19-29)33-25-24-32-23-22-31-8-2-5-11-36(31)40(39(32)26-33)37-12-6-3-9-34(37)35-10-4-7-13-38(35)40/h2-26H,1H3. The third-order valence-corrected chi connectivity index (χ3v) is 8.82. The van der Waals surface area contributed by atoms with Gasteiger partial charge in [-0.1, -0.05) is 151 Å². The number of fused-ring (bicyclic) bond motifs is 9. The first-order valence-corrected chi connectivity index (χ1v) is 14.0. The fourth-order valence-electron chi connectivity index (χ4n) is 6.93. The summed E-state index contributed by atoms with van der Waals surface area (Å²) in [5, 5.41) is 0. The minimum absolute atomic E-state index is 0.388. The van der Waals surface area contributed by atoms with Crippen LogP contribution in [0.15, 0.2) is 140 Å². The van der Waals surface area contributed by atoms with Gasteiger partial charge in [0.15, 0.2) is 0 Å². The molecule has 0 saturated carbocycles. The van der Waals surface area contributed by atoms with Gasteiger partial charge in [0, 0.05) is 0 Å². The summed E-state index contributed by atoms with van der Waals surface area (Å²) >= 11 is 0. The molecule has 188 valence electrons. The molecule has 0 nitrogen and oxygen atoms in total. The zero-order valence-corrected chi connectivity index (χ0v) is 22.4. The Morgan fingerprint density at radius 2 is 0.825 bits per heavy atom. The van der Waals surface area contributed by atoms with Crippen LogP contribution in [0.3, 0.4) is 0 Å². The molecule has 40 heavy (non-hydrogen) atoms. The molecule has 0 heteroatoms. The smallest absolute Gasteiger partial charge is 0.0619 e. The van der Waals surface area contributed by atoms with Crippen molar-refractivity contribution in [3.63, 3.8) is 0 Å². The van der Waals surface area contributed by atoms with Gasteiger partial charge in [0.25, 0.3) is 0 Å². The van der Waals surface area contributed by atoms with Crippen molar-refractivity contribution in [3.05, 3.63) is 178 Å². The molecule has 0 saturated heterocycles. The van der Waals surface area contributed by atoms with Gasteiger partial charge in [-0.15, -0.1) is 0 Å². The second-order valence-corrected chi connectivity index (χ2v) is 11.0.